The van der Waals surface area contributed by atoms with Crippen molar-refractivity contribution < 1.29 is 17.9 Å². The topological polar surface area (TPSA) is 35.0 Å². The highest BCUT2D eigenvalue weighted by Gasteiger charge is 2.22. The second kappa shape index (κ2) is 5.26. The van der Waals surface area contributed by atoms with Crippen LogP contribution in [0.5, 0.6) is 5.75 Å². The van der Waals surface area contributed by atoms with Crippen LogP contribution >= 0.6 is 0 Å². The summed E-state index contributed by atoms with van der Waals surface area (Å²) in [5, 5.41) is 0. The van der Waals surface area contributed by atoms with E-state index in [0.717, 1.165) is 6.92 Å². The summed E-state index contributed by atoms with van der Waals surface area (Å²) in [6.45, 7) is 0.0318. The van der Waals surface area contributed by atoms with E-state index < -0.39 is 18.3 Å². The first-order valence-corrected chi connectivity index (χ1v) is 5.53. The van der Waals surface area contributed by atoms with Crippen LogP contribution in [0.25, 0.3) is 11.4 Å². The van der Waals surface area contributed by atoms with Crippen LogP contribution < -0.4 is 4.74 Å². The van der Waals surface area contributed by atoms with E-state index in [1.165, 1.54) is 36.7 Å². The SMILES string of the molecule is CC(F)(F)COc1ccc(-c2ncccc2F)nc1. The third-order valence-electron chi connectivity index (χ3n) is 2.23. The van der Waals surface area contributed by atoms with Gasteiger partial charge in [0.25, 0.3) is 5.92 Å². The Labute approximate surface area is 108 Å². The summed E-state index contributed by atoms with van der Waals surface area (Å²) in [4.78, 5) is 7.80. The van der Waals surface area contributed by atoms with E-state index in [9.17, 15) is 13.2 Å². The highest BCUT2D eigenvalue weighted by molar-refractivity contribution is 5.54. The molecule has 3 nitrogen and oxygen atoms in total. The molecule has 0 unspecified atom stereocenters. The quantitative estimate of drug-likeness (QED) is 0.853. The Hall–Kier alpha value is -2.11. The van der Waals surface area contributed by atoms with Crippen LogP contribution in [0.2, 0.25) is 0 Å². The lowest BCUT2D eigenvalue weighted by atomic mass is 10.2. The van der Waals surface area contributed by atoms with Gasteiger partial charge in [-0.05, 0) is 24.3 Å². The molecule has 0 aliphatic heterocycles. The van der Waals surface area contributed by atoms with Gasteiger partial charge in [0, 0.05) is 13.1 Å². The lowest BCUT2D eigenvalue weighted by molar-refractivity contribution is -0.0230. The van der Waals surface area contributed by atoms with Gasteiger partial charge in [-0.2, -0.15) is 0 Å². The van der Waals surface area contributed by atoms with Gasteiger partial charge in [0.05, 0.1) is 11.9 Å². The maximum absolute atomic E-state index is 13.4. The average Bonchev–Trinajstić information content (AvgIpc) is 2.37. The number of halogens is 3. The van der Waals surface area contributed by atoms with Crippen molar-refractivity contribution in [2.24, 2.45) is 0 Å². The molecule has 2 heterocycles. The number of alkyl halides is 2. The fourth-order valence-corrected chi connectivity index (χ4v) is 1.39. The normalized spacial score (nSPS) is 11.4. The van der Waals surface area contributed by atoms with E-state index in [-0.39, 0.29) is 11.4 Å². The Kier molecular flexibility index (Phi) is 3.69. The fraction of sp³-hybridized carbons (Fsp3) is 0.231. The predicted molar refractivity (Wildman–Crippen MR) is 63.5 cm³/mol. The summed E-state index contributed by atoms with van der Waals surface area (Å²) in [6.07, 6.45) is 2.71. The molecule has 0 aliphatic carbocycles. The van der Waals surface area contributed by atoms with Gasteiger partial charge in [0.1, 0.15) is 11.4 Å². The van der Waals surface area contributed by atoms with Crippen molar-refractivity contribution >= 4 is 0 Å². The Bertz CT molecular complexity index is 553. The summed E-state index contributed by atoms with van der Waals surface area (Å²) in [5.41, 5.74) is 0.420. The summed E-state index contributed by atoms with van der Waals surface area (Å²) in [7, 11) is 0. The van der Waals surface area contributed by atoms with Crippen molar-refractivity contribution in [3.8, 4) is 17.1 Å². The Balaban J connectivity index is 2.13. The largest absolute Gasteiger partial charge is 0.486 e. The summed E-state index contributed by atoms with van der Waals surface area (Å²) in [5.74, 6) is -3.21. The van der Waals surface area contributed by atoms with Crippen molar-refractivity contribution in [1.82, 2.24) is 9.97 Å². The Morgan fingerprint density at radius 1 is 1.21 bits per heavy atom. The smallest absolute Gasteiger partial charge is 0.278 e. The molecule has 0 bridgehead atoms. The number of pyridine rings is 2. The van der Waals surface area contributed by atoms with Gasteiger partial charge in [-0.25, -0.2) is 13.2 Å². The van der Waals surface area contributed by atoms with Crippen molar-refractivity contribution in [3.05, 3.63) is 42.5 Å². The molecule has 100 valence electrons. The third-order valence-corrected chi connectivity index (χ3v) is 2.23. The molecule has 0 atom stereocenters. The molecule has 2 rings (SSSR count). The number of ether oxygens (including phenoxy) is 1. The maximum atomic E-state index is 13.4. The zero-order valence-electron chi connectivity index (χ0n) is 10.1. The number of hydrogen-bond acceptors (Lipinski definition) is 3. The zero-order valence-corrected chi connectivity index (χ0v) is 10.1. The van der Waals surface area contributed by atoms with Gasteiger partial charge >= 0.3 is 0 Å². The second-order valence-electron chi connectivity index (χ2n) is 4.07. The van der Waals surface area contributed by atoms with E-state index in [1.54, 1.807) is 0 Å². The van der Waals surface area contributed by atoms with Crippen molar-refractivity contribution in [3.63, 3.8) is 0 Å². The minimum atomic E-state index is -2.91. The van der Waals surface area contributed by atoms with Crippen LogP contribution in [0.3, 0.4) is 0 Å². The standard InChI is InChI=1S/C13H11F3N2O/c1-13(15,16)8-19-9-4-5-11(18-7-9)12-10(14)3-2-6-17-12/h2-7H,8H2,1H3. The van der Waals surface area contributed by atoms with Gasteiger partial charge in [0.2, 0.25) is 0 Å². The lowest BCUT2D eigenvalue weighted by Crippen LogP contribution is -2.20. The predicted octanol–water partition coefficient (Wildman–Crippen LogP) is 3.32. The van der Waals surface area contributed by atoms with Gasteiger partial charge in [-0.3, -0.25) is 9.97 Å². The zero-order chi connectivity index (χ0) is 13.9. The molecular weight excluding hydrogens is 257 g/mol. The van der Waals surface area contributed by atoms with E-state index in [1.807, 2.05) is 0 Å². The number of hydrogen-bond donors (Lipinski definition) is 0. The van der Waals surface area contributed by atoms with E-state index in [0.29, 0.717) is 5.69 Å². The first-order chi connectivity index (χ1) is 8.96. The van der Waals surface area contributed by atoms with Gasteiger partial charge in [-0.1, -0.05) is 0 Å². The molecular formula is C13H11F3N2O. The van der Waals surface area contributed by atoms with Gasteiger partial charge in [-0.15, -0.1) is 0 Å². The first kappa shape index (κ1) is 13.3. The molecule has 0 saturated heterocycles. The Morgan fingerprint density at radius 2 is 2.00 bits per heavy atom. The molecule has 0 aliphatic rings. The molecule has 0 saturated carbocycles. The lowest BCUT2D eigenvalue weighted by Gasteiger charge is -2.11. The van der Waals surface area contributed by atoms with Crippen LogP contribution in [0, 0.1) is 5.82 Å². The molecule has 0 radical (unpaired) electrons. The molecule has 2 aromatic rings. The Morgan fingerprint density at radius 3 is 2.58 bits per heavy atom. The number of nitrogens with zero attached hydrogens (tertiary/aromatic N) is 2. The molecule has 6 heteroatoms. The highest BCUT2D eigenvalue weighted by atomic mass is 19.3. The van der Waals surface area contributed by atoms with Crippen LogP contribution in [-0.2, 0) is 0 Å². The molecule has 19 heavy (non-hydrogen) atoms. The second-order valence-corrected chi connectivity index (χ2v) is 4.07. The van der Waals surface area contributed by atoms with Crippen LogP contribution in [0.4, 0.5) is 13.2 Å². The summed E-state index contributed by atoms with van der Waals surface area (Å²) >= 11 is 0. The van der Waals surface area contributed by atoms with Crippen LogP contribution in [0.15, 0.2) is 36.7 Å². The third kappa shape index (κ3) is 3.67. The van der Waals surface area contributed by atoms with Gasteiger partial charge < -0.3 is 4.74 Å². The van der Waals surface area contributed by atoms with E-state index in [2.05, 4.69) is 9.97 Å². The molecule has 0 spiro atoms. The van der Waals surface area contributed by atoms with E-state index >= 15 is 0 Å². The first-order valence-electron chi connectivity index (χ1n) is 5.53. The van der Waals surface area contributed by atoms with Crippen molar-refractivity contribution in [2.75, 3.05) is 6.61 Å². The minimum absolute atomic E-state index is 0.106. The number of aromatic nitrogens is 2. The minimum Gasteiger partial charge on any atom is -0.486 e. The van der Waals surface area contributed by atoms with Crippen molar-refractivity contribution in [2.45, 2.75) is 12.8 Å². The maximum Gasteiger partial charge on any atom is 0.278 e. The fourth-order valence-electron chi connectivity index (χ4n) is 1.39. The molecule has 0 amide bonds. The van der Waals surface area contributed by atoms with Gasteiger partial charge in [0.15, 0.2) is 12.4 Å². The molecule has 0 N–H and O–H groups in total. The number of rotatable bonds is 4. The molecule has 0 aromatic carbocycles. The monoisotopic (exact) mass is 268 g/mol. The molecule has 2 aromatic heterocycles. The average molecular weight is 268 g/mol. The van der Waals surface area contributed by atoms with Crippen molar-refractivity contribution in [1.29, 1.82) is 0 Å². The van der Waals surface area contributed by atoms with E-state index in [4.69, 9.17) is 4.74 Å². The van der Waals surface area contributed by atoms with Crippen LogP contribution in [-0.4, -0.2) is 22.5 Å². The highest BCUT2D eigenvalue weighted by Crippen LogP contribution is 2.21. The molecule has 0 fully saturated rings. The van der Waals surface area contributed by atoms with Crippen LogP contribution in [0.1, 0.15) is 6.92 Å². The summed E-state index contributed by atoms with van der Waals surface area (Å²) < 4.78 is 43.5. The summed E-state index contributed by atoms with van der Waals surface area (Å²) in [6, 6.07) is 5.66.